The van der Waals surface area contributed by atoms with E-state index in [-0.39, 0.29) is 12.0 Å². The van der Waals surface area contributed by atoms with Crippen LogP contribution in [0.15, 0.2) is 36.4 Å². The van der Waals surface area contributed by atoms with E-state index in [9.17, 15) is 4.79 Å². The zero-order chi connectivity index (χ0) is 18.8. The second-order valence-corrected chi connectivity index (χ2v) is 6.38. The van der Waals surface area contributed by atoms with Crippen molar-refractivity contribution in [2.45, 2.75) is 18.9 Å². The van der Waals surface area contributed by atoms with Gasteiger partial charge in [-0.1, -0.05) is 0 Å². The molecule has 1 amide bonds. The number of nitrogens with one attached hydrogen (secondary N) is 2. The van der Waals surface area contributed by atoms with Gasteiger partial charge in [0.25, 0.3) is 5.91 Å². The summed E-state index contributed by atoms with van der Waals surface area (Å²) in [6, 6.07) is 10.6. The van der Waals surface area contributed by atoms with E-state index >= 15 is 0 Å². The first-order valence-electron chi connectivity index (χ1n) is 8.82. The van der Waals surface area contributed by atoms with Crippen LogP contribution in [0.1, 0.15) is 35.1 Å². The number of methoxy groups -OCH3 is 2. The van der Waals surface area contributed by atoms with E-state index in [0.717, 1.165) is 36.3 Å². The fraction of sp³-hybridized carbons (Fsp3) is 0.300. The molecule has 1 saturated heterocycles. The summed E-state index contributed by atoms with van der Waals surface area (Å²) < 4.78 is 16.1. The van der Waals surface area contributed by atoms with Gasteiger partial charge in [-0.3, -0.25) is 4.79 Å². The third kappa shape index (κ3) is 3.46. The summed E-state index contributed by atoms with van der Waals surface area (Å²) >= 11 is 0. The number of benzene rings is 2. The molecule has 0 saturated carbocycles. The van der Waals surface area contributed by atoms with Gasteiger partial charge in [-0.15, -0.1) is 0 Å². The summed E-state index contributed by atoms with van der Waals surface area (Å²) in [5.41, 5.74) is 2.89. The molecule has 1 atom stereocenters. The van der Waals surface area contributed by atoms with E-state index < -0.39 is 0 Å². The molecule has 3 aromatic rings. The highest BCUT2D eigenvalue weighted by molar-refractivity contribution is 6.05. The van der Waals surface area contributed by atoms with Crippen LogP contribution in [0.5, 0.6) is 11.5 Å². The Bertz CT molecular complexity index is 977. The van der Waals surface area contributed by atoms with Crippen molar-refractivity contribution >= 4 is 22.6 Å². The van der Waals surface area contributed by atoms with E-state index in [0.29, 0.717) is 22.7 Å². The van der Waals surface area contributed by atoms with Gasteiger partial charge in [0.15, 0.2) is 11.5 Å². The lowest BCUT2D eigenvalue weighted by Crippen LogP contribution is -2.12. The van der Waals surface area contributed by atoms with Gasteiger partial charge in [-0.05, 0) is 49.2 Å². The molecular weight excluding hydrogens is 346 g/mol. The highest BCUT2D eigenvalue weighted by Crippen LogP contribution is 2.30. The minimum atomic E-state index is -0.228. The largest absolute Gasteiger partial charge is 0.493 e. The Labute approximate surface area is 156 Å². The molecule has 0 aliphatic carbocycles. The Balaban J connectivity index is 1.54. The summed E-state index contributed by atoms with van der Waals surface area (Å²) in [6.07, 6.45) is 2.05. The average Bonchev–Trinajstić information content (AvgIpc) is 3.36. The lowest BCUT2D eigenvalue weighted by Gasteiger charge is -2.10. The van der Waals surface area contributed by atoms with Crippen molar-refractivity contribution in [3.63, 3.8) is 0 Å². The summed E-state index contributed by atoms with van der Waals surface area (Å²) in [6.45, 7) is 0.772. The number of aromatic amines is 1. The number of H-pyrrole nitrogens is 1. The molecule has 140 valence electrons. The summed E-state index contributed by atoms with van der Waals surface area (Å²) in [5, 5.41) is 2.90. The van der Waals surface area contributed by atoms with Gasteiger partial charge in [-0.2, -0.15) is 0 Å². The number of hydrogen-bond donors (Lipinski definition) is 2. The molecule has 0 unspecified atom stereocenters. The smallest absolute Gasteiger partial charge is 0.255 e. The van der Waals surface area contributed by atoms with Crippen LogP contribution in [0.2, 0.25) is 0 Å². The molecule has 7 nitrogen and oxygen atoms in total. The number of fused-ring (bicyclic) bond motifs is 1. The topological polar surface area (TPSA) is 85.5 Å². The van der Waals surface area contributed by atoms with Crippen molar-refractivity contribution < 1.29 is 19.0 Å². The molecule has 2 aromatic carbocycles. The Morgan fingerprint density at radius 2 is 2.04 bits per heavy atom. The van der Waals surface area contributed by atoms with Crippen molar-refractivity contribution in [2.24, 2.45) is 0 Å². The maximum atomic E-state index is 12.6. The van der Waals surface area contributed by atoms with Crippen molar-refractivity contribution in [1.82, 2.24) is 9.97 Å². The van der Waals surface area contributed by atoms with Crippen LogP contribution >= 0.6 is 0 Å². The van der Waals surface area contributed by atoms with Gasteiger partial charge in [0.2, 0.25) is 0 Å². The molecule has 2 heterocycles. The SMILES string of the molecule is COc1ccc(C(=O)Nc2ccc3nc([C@@H]4CCCO4)[nH]c3c2)cc1OC. The van der Waals surface area contributed by atoms with Crippen LogP contribution in [0, 0.1) is 0 Å². The molecular formula is C20H21N3O4. The molecule has 0 bridgehead atoms. The number of aromatic nitrogens is 2. The number of carbonyl (C=O) groups excluding carboxylic acids is 1. The molecule has 1 aliphatic heterocycles. The molecule has 2 N–H and O–H groups in total. The Kier molecular flexibility index (Phi) is 4.68. The third-order valence-electron chi connectivity index (χ3n) is 4.64. The minimum Gasteiger partial charge on any atom is -0.493 e. The second-order valence-electron chi connectivity index (χ2n) is 6.38. The summed E-state index contributed by atoms with van der Waals surface area (Å²) in [7, 11) is 3.10. The van der Waals surface area contributed by atoms with Gasteiger partial charge in [0.05, 0.1) is 25.3 Å². The first-order chi connectivity index (χ1) is 13.2. The first kappa shape index (κ1) is 17.4. The van der Waals surface area contributed by atoms with Crippen LogP contribution in [0.4, 0.5) is 5.69 Å². The van der Waals surface area contributed by atoms with Crippen molar-refractivity contribution in [3.8, 4) is 11.5 Å². The van der Waals surface area contributed by atoms with Gasteiger partial charge in [0.1, 0.15) is 11.9 Å². The molecule has 1 aromatic heterocycles. The molecule has 27 heavy (non-hydrogen) atoms. The molecule has 1 fully saturated rings. The lowest BCUT2D eigenvalue weighted by atomic mass is 10.1. The van der Waals surface area contributed by atoms with E-state index in [4.69, 9.17) is 14.2 Å². The van der Waals surface area contributed by atoms with Gasteiger partial charge in [0, 0.05) is 17.9 Å². The average molecular weight is 367 g/mol. The first-order valence-corrected chi connectivity index (χ1v) is 8.82. The fourth-order valence-electron chi connectivity index (χ4n) is 3.23. The third-order valence-corrected chi connectivity index (χ3v) is 4.64. The Morgan fingerprint density at radius 1 is 1.19 bits per heavy atom. The van der Waals surface area contributed by atoms with Gasteiger partial charge < -0.3 is 24.5 Å². The van der Waals surface area contributed by atoms with Crippen molar-refractivity contribution in [1.29, 1.82) is 0 Å². The van der Waals surface area contributed by atoms with Crippen LogP contribution in [0.25, 0.3) is 11.0 Å². The Morgan fingerprint density at radius 3 is 2.78 bits per heavy atom. The van der Waals surface area contributed by atoms with Crippen LogP contribution < -0.4 is 14.8 Å². The fourth-order valence-corrected chi connectivity index (χ4v) is 3.23. The van der Waals surface area contributed by atoms with E-state index in [1.54, 1.807) is 25.3 Å². The highest BCUT2D eigenvalue weighted by atomic mass is 16.5. The standard InChI is InChI=1S/C20H21N3O4/c1-25-16-8-5-12(10-18(16)26-2)20(24)21-13-6-7-14-15(11-13)23-19(22-14)17-4-3-9-27-17/h5-8,10-11,17H,3-4,9H2,1-2H3,(H,21,24)(H,22,23)/t17-/m0/s1. The quantitative estimate of drug-likeness (QED) is 0.718. The number of nitrogens with zero attached hydrogens (tertiary/aromatic N) is 1. The van der Waals surface area contributed by atoms with E-state index in [1.807, 2.05) is 18.2 Å². The molecule has 0 spiro atoms. The number of ether oxygens (including phenoxy) is 3. The maximum absolute atomic E-state index is 12.6. The minimum absolute atomic E-state index is 0.0298. The number of imidazole rings is 1. The highest BCUT2D eigenvalue weighted by Gasteiger charge is 2.21. The summed E-state index contributed by atoms with van der Waals surface area (Å²) in [4.78, 5) is 20.5. The van der Waals surface area contributed by atoms with E-state index in [1.165, 1.54) is 7.11 Å². The van der Waals surface area contributed by atoms with Crippen LogP contribution in [0.3, 0.4) is 0 Å². The van der Waals surface area contributed by atoms with Crippen LogP contribution in [-0.4, -0.2) is 36.7 Å². The lowest BCUT2D eigenvalue weighted by molar-refractivity contribution is 0.102. The predicted molar refractivity (Wildman–Crippen MR) is 102 cm³/mol. The predicted octanol–water partition coefficient (Wildman–Crippen LogP) is 3.68. The molecule has 4 rings (SSSR count). The van der Waals surface area contributed by atoms with Gasteiger partial charge in [-0.25, -0.2) is 4.98 Å². The number of carbonyl (C=O) groups is 1. The monoisotopic (exact) mass is 367 g/mol. The summed E-state index contributed by atoms with van der Waals surface area (Å²) in [5.74, 6) is 1.70. The molecule has 0 radical (unpaired) electrons. The number of hydrogen-bond acceptors (Lipinski definition) is 5. The number of amides is 1. The second kappa shape index (κ2) is 7.28. The number of rotatable bonds is 5. The normalized spacial score (nSPS) is 16.4. The molecule has 7 heteroatoms. The van der Waals surface area contributed by atoms with E-state index in [2.05, 4.69) is 15.3 Å². The molecule has 1 aliphatic rings. The van der Waals surface area contributed by atoms with Crippen molar-refractivity contribution in [2.75, 3.05) is 26.1 Å². The van der Waals surface area contributed by atoms with Gasteiger partial charge >= 0.3 is 0 Å². The number of anilines is 1. The maximum Gasteiger partial charge on any atom is 0.255 e. The van der Waals surface area contributed by atoms with Crippen molar-refractivity contribution in [3.05, 3.63) is 47.8 Å². The Hall–Kier alpha value is -3.06. The van der Waals surface area contributed by atoms with Crippen LogP contribution in [-0.2, 0) is 4.74 Å². The zero-order valence-electron chi connectivity index (χ0n) is 15.2. The zero-order valence-corrected chi connectivity index (χ0v) is 15.2.